The Morgan fingerprint density at radius 2 is 1.40 bits per heavy atom. The molecule has 0 saturated carbocycles. The van der Waals surface area contributed by atoms with Crippen molar-refractivity contribution in [1.29, 1.82) is 0 Å². The van der Waals surface area contributed by atoms with Crippen LogP contribution in [0.3, 0.4) is 0 Å². The second-order valence-corrected chi connectivity index (χ2v) is 19.8. The van der Waals surface area contributed by atoms with Gasteiger partial charge in [0.2, 0.25) is 11.8 Å². The highest BCUT2D eigenvalue weighted by molar-refractivity contribution is 8.02. The van der Waals surface area contributed by atoms with Crippen LogP contribution in [0.1, 0.15) is 101 Å². The molecule has 2 aliphatic heterocycles. The molecule has 2 rings (SSSR count). The Morgan fingerprint density at radius 3 is 1.94 bits per heavy atom. The minimum atomic E-state index is -4.41. The van der Waals surface area contributed by atoms with Gasteiger partial charge in [0, 0.05) is 36.4 Å². The molecule has 0 aromatic heterocycles. The molecule has 0 aromatic rings. The first kappa shape index (κ1) is 41.8. The van der Waals surface area contributed by atoms with Gasteiger partial charge in [-0.25, -0.2) is 4.57 Å². The van der Waals surface area contributed by atoms with Gasteiger partial charge in [-0.2, -0.15) is 0 Å². The van der Waals surface area contributed by atoms with Crippen LogP contribution in [0.15, 0.2) is 12.2 Å². The Hall–Kier alpha value is -1.41. The minimum Gasteiger partial charge on any atom is -0.363 e. The van der Waals surface area contributed by atoms with Crippen LogP contribution in [-0.2, 0) is 46.6 Å². The first-order chi connectivity index (χ1) is 21.2. The van der Waals surface area contributed by atoms with Gasteiger partial charge in [0.15, 0.2) is 5.34 Å². The molecule has 1 saturated heterocycles. The fraction of sp³-hybridized carbons (Fsp3) is 0.800. The van der Waals surface area contributed by atoms with Crippen molar-refractivity contribution in [2.24, 2.45) is 0 Å². The zero-order valence-electron chi connectivity index (χ0n) is 29.1. The number of imide groups is 2. The Balaban J connectivity index is 1.90. The van der Waals surface area contributed by atoms with E-state index in [1.165, 1.54) is 25.6 Å². The summed E-state index contributed by atoms with van der Waals surface area (Å²) in [6.07, 6.45) is 3.15. The maximum atomic E-state index is 13.3. The maximum absolute atomic E-state index is 13.3. The topological polar surface area (TPSA) is 186 Å². The summed E-state index contributed by atoms with van der Waals surface area (Å²) in [6, 6.07) is 0. The molecule has 0 aliphatic carbocycles. The summed E-state index contributed by atoms with van der Waals surface area (Å²) in [5.41, 5.74) is -2.02. The van der Waals surface area contributed by atoms with Gasteiger partial charge in [-0.3, -0.25) is 42.6 Å². The average molecular weight is 727 g/mol. The predicted molar refractivity (Wildman–Crippen MR) is 177 cm³/mol. The van der Waals surface area contributed by atoms with E-state index in [0.717, 1.165) is 28.4 Å². The SMILES string of the molecule is CCCC(C)(C)OP(=O)(O)OC(C)(C)CCOC(C)(C)P(=O)(O)OC(C)CC(C)(C)SC1CC(=O)N(CCN2C(=O)C=CC2=O)C1=O. The summed E-state index contributed by atoms with van der Waals surface area (Å²) in [5.74, 6) is -1.81. The normalized spacial score (nSPS) is 21.5. The number of carbonyl (C=O) groups is 4. The highest BCUT2D eigenvalue weighted by Crippen LogP contribution is 2.58. The standard InChI is InChI=1S/C30H52N2O12P2S/c1-11-14-27(3,4)43-46(39,40)44-28(5,6)15-18-41-30(9,10)45(37,38)42-21(2)20-29(7,8)47-22-19-25(35)32(26(22)36)17-16-31-23(33)12-13-24(31)34/h12-13,21-22H,11,14-20H2,1-10H3,(H,37,38)(H,39,40). The number of hydrogen-bond acceptors (Lipinski definition) is 11. The van der Waals surface area contributed by atoms with Crippen LogP contribution in [-0.4, -0.2) is 95.6 Å². The van der Waals surface area contributed by atoms with Crippen LogP contribution in [0.4, 0.5) is 0 Å². The van der Waals surface area contributed by atoms with E-state index in [0.29, 0.717) is 6.42 Å². The summed E-state index contributed by atoms with van der Waals surface area (Å²) < 4.78 is 47.5. The fourth-order valence-electron chi connectivity index (χ4n) is 5.33. The highest BCUT2D eigenvalue weighted by Gasteiger charge is 2.46. The third-order valence-corrected chi connectivity index (χ3v) is 12.7. The fourth-order valence-corrected chi connectivity index (χ4v) is 9.42. The summed E-state index contributed by atoms with van der Waals surface area (Å²) in [7, 11) is -8.80. The lowest BCUT2D eigenvalue weighted by molar-refractivity contribution is -0.142. The molecule has 0 radical (unpaired) electrons. The van der Waals surface area contributed by atoms with Gasteiger partial charge < -0.3 is 19.0 Å². The number of amides is 4. The van der Waals surface area contributed by atoms with E-state index in [9.17, 15) is 38.1 Å². The van der Waals surface area contributed by atoms with Crippen molar-refractivity contribution in [3.8, 4) is 0 Å². The molecular weight excluding hydrogens is 674 g/mol. The van der Waals surface area contributed by atoms with E-state index in [1.807, 2.05) is 20.8 Å². The van der Waals surface area contributed by atoms with E-state index in [4.69, 9.17) is 18.3 Å². The van der Waals surface area contributed by atoms with Crippen LogP contribution in [0.2, 0.25) is 0 Å². The first-order valence-electron chi connectivity index (χ1n) is 15.7. The van der Waals surface area contributed by atoms with Crippen molar-refractivity contribution in [2.75, 3.05) is 19.7 Å². The Labute approximate surface area is 282 Å². The van der Waals surface area contributed by atoms with Gasteiger partial charge in [0.05, 0.1) is 29.2 Å². The molecule has 0 aromatic carbocycles. The molecule has 1 fully saturated rings. The minimum absolute atomic E-state index is 0.0455. The molecule has 47 heavy (non-hydrogen) atoms. The molecule has 17 heteroatoms. The van der Waals surface area contributed by atoms with Gasteiger partial charge in [-0.15, -0.1) is 11.8 Å². The number of ether oxygens (including phenoxy) is 1. The number of nitrogens with zero attached hydrogens (tertiary/aromatic N) is 2. The zero-order valence-corrected chi connectivity index (χ0v) is 31.7. The molecule has 4 atom stereocenters. The maximum Gasteiger partial charge on any atom is 0.473 e. The monoisotopic (exact) mass is 726 g/mol. The molecule has 2 N–H and O–H groups in total. The number of rotatable bonds is 20. The van der Waals surface area contributed by atoms with Crippen molar-refractivity contribution in [3.05, 3.63) is 12.2 Å². The molecule has 2 heterocycles. The lowest BCUT2D eigenvalue weighted by Gasteiger charge is -2.35. The summed E-state index contributed by atoms with van der Waals surface area (Å²) in [6.45, 7) is 16.4. The molecule has 270 valence electrons. The quantitative estimate of drug-likeness (QED) is 0.124. The van der Waals surface area contributed by atoms with Crippen molar-refractivity contribution in [1.82, 2.24) is 9.80 Å². The summed E-state index contributed by atoms with van der Waals surface area (Å²) in [4.78, 5) is 72.5. The number of carbonyl (C=O) groups excluding carboxylic acids is 4. The van der Waals surface area contributed by atoms with Crippen LogP contribution in [0.25, 0.3) is 0 Å². The summed E-state index contributed by atoms with van der Waals surface area (Å²) >= 11 is 1.25. The van der Waals surface area contributed by atoms with Gasteiger partial charge in [-0.05, 0) is 67.7 Å². The highest BCUT2D eigenvalue weighted by atomic mass is 32.2. The van der Waals surface area contributed by atoms with Crippen molar-refractivity contribution in [2.45, 2.75) is 134 Å². The predicted octanol–water partition coefficient (Wildman–Crippen LogP) is 5.17. The summed E-state index contributed by atoms with van der Waals surface area (Å²) in [5, 5.41) is -2.34. The Kier molecular flexibility index (Phi) is 13.9. The Morgan fingerprint density at radius 1 is 0.894 bits per heavy atom. The lowest BCUT2D eigenvalue weighted by Crippen LogP contribution is -2.41. The van der Waals surface area contributed by atoms with Crippen molar-refractivity contribution < 1.29 is 56.4 Å². The molecular formula is C30H52N2O12P2S. The van der Waals surface area contributed by atoms with Crippen molar-refractivity contribution >= 4 is 50.8 Å². The Bertz CT molecular complexity index is 1300. The van der Waals surface area contributed by atoms with Crippen LogP contribution >= 0.6 is 27.2 Å². The van der Waals surface area contributed by atoms with Gasteiger partial charge >= 0.3 is 15.4 Å². The van der Waals surface area contributed by atoms with E-state index >= 15 is 0 Å². The largest absolute Gasteiger partial charge is 0.473 e. The number of phosphoric acid groups is 1. The second-order valence-electron chi connectivity index (χ2n) is 14.2. The van der Waals surface area contributed by atoms with Gasteiger partial charge in [0.1, 0.15) is 0 Å². The van der Waals surface area contributed by atoms with Crippen LogP contribution < -0.4 is 0 Å². The van der Waals surface area contributed by atoms with Gasteiger partial charge in [-0.1, -0.05) is 27.2 Å². The first-order valence-corrected chi connectivity index (χ1v) is 19.6. The van der Waals surface area contributed by atoms with E-state index < -0.39 is 71.7 Å². The van der Waals surface area contributed by atoms with Crippen LogP contribution in [0, 0.1) is 0 Å². The molecule has 0 spiro atoms. The smallest absolute Gasteiger partial charge is 0.363 e. The molecule has 4 unspecified atom stereocenters. The number of likely N-dealkylation sites (tertiary alicyclic amines) is 1. The van der Waals surface area contributed by atoms with E-state index in [1.54, 1.807) is 34.6 Å². The second kappa shape index (κ2) is 15.6. The van der Waals surface area contributed by atoms with Gasteiger partial charge in [0.25, 0.3) is 11.8 Å². The third-order valence-electron chi connectivity index (χ3n) is 7.63. The van der Waals surface area contributed by atoms with E-state index in [-0.39, 0.29) is 39.0 Å². The molecule has 0 bridgehead atoms. The third kappa shape index (κ3) is 12.5. The zero-order chi connectivity index (χ0) is 36.2. The van der Waals surface area contributed by atoms with E-state index in [2.05, 4.69) is 0 Å². The van der Waals surface area contributed by atoms with Crippen molar-refractivity contribution in [3.63, 3.8) is 0 Å². The number of thioether (sulfide) groups is 1. The number of phosphoric ester groups is 1. The molecule has 4 amide bonds. The molecule has 14 nitrogen and oxygen atoms in total. The lowest BCUT2D eigenvalue weighted by atomic mass is 10.0. The molecule has 2 aliphatic rings. The number of hydrogen-bond donors (Lipinski definition) is 2. The van der Waals surface area contributed by atoms with Crippen LogP contribution in [0.5, 0.6) is 0 Å². The average Bonchev–Trinajstić information content (AvgIpc) is 3.30.